The van der Waals surface area contributed by atoms with Crippen LogP contribution in [0.4, 0.5) is 17.1 Å². The van der Waals surface area contributed by atoms with Crippen molar-refractivity contribution in [1.82, 2.24) is 0 Å². The summed E-state index contributed by atoms with van der Waals surface area (Å²) in [7, 11) is 0. The molecule has 1 aliphatic heterocycles. The zero-order valence-electron chi connectivity index (χ0n) is 32.7. The largest absolute Gasteiger partial charge is 0.457 e. The van der Waals surface area contributed by atoms with E-state index in [0.29, 0.717) is 11.8 Å². The van der Waals surface area contributed by atoms with Gasteiger partial charge in [0.25, 0.3) is 0 Å². The van der Waals surface area contributed by atoms with Crippen LogP contribution in [0.25, 0.3) is 22.3 Å². The summed E-state index contributed by atoms with van der Waals surface area (Å²) in [5.74, 6) is 5.20. The highest BCUT2D eigenvalue weighted by molar-refractivity contribution is 5.83. The predicted octanol–water partition coefficient (Wildman–Crippen LogP) is 14.3. The summed E-state index contributed by atoms with van der Waals surface area (Å²) in [4.78, 5) is 2.59. The average Bonchev–Trinajstić information content (AvgIpc) is 3.62. The first-order chi connectivity index (χ1) is 26.7. The zero-order valence-corrected chi connectivity index (χ0v) is 32.7. The van der Waals surface area contributed by atoms with E-state index in [2.05, 4.69) is 172 Å². The minimum atomic E-state index is 0.0106. The van der Waals surface area contributed by atoms with E-state index in [9.17, 15) is 0 Å². The molecule has 6 aromatic carbocycles. The predicted molar refractivity (Wildman–Crippen MR) is 227 cm³/mol. The molecule has 5 atom stereocenters. The summed E-state index contributed by atoms with van der Waals surface area (Å²) in [6.45, 7) is 9.80. The van der Waals surface area contributed by atoms with Crippen LogP contribution in [0.2, 0.25) is 0 Å². The lowest BCUT2D eigenvalue weighted by Gasteiger charge is -2.49. The average molecular weight is 718 g/mol. The Morgan fingerprint density at radius 1 is 0.509 bits per heavy atom. The molecule has 5 aliphatic carbocycles. The summed E-state index contributed by atoms with van der Waals surface area (Å²) in [5, 5.41) is 0. The van der Waals surface area contributed by atoms with E-state index in [4.69, 9.17) is 4.74 Å². The molecule has 2 heteroatoms. The first kappa shape index (κ1) is 33.3. The quantitative estimate of drug-likeness (QED) is 0.176. The Bertz CT molecular complexity index is 2440. The number of rotatable bonds is 5. The van der Waals surface area contributed by atoms with Crippen molar-refractivity contribution in [2.75, 3.05) is 4.90 Å². The van der Waals surface area contributed by atoms with Gasteiger partial charge in [0.05, 0.1) is 5.69 Å². The van der Waals surface area contributed by atoms with Gasteiger partial charge in [-0.25, -0.2) is 0 Å². The van der Waals surface area contributed by atoms with E-state index < -0.39 is 0 Å². The lowest BCUT2D eigenvalue weighted by atomic mass is 9.56. The Morgan fingerprint density at radius 2 is 1.13 bits per heavy atom. The Balaban J connectivity index is 1.08. The minimum Gasteiger partial charge on any atom is -0.457 e. The van der Waals surface area contributed by atoms with Crippen molar-refractivity contribution < 1.29 is 4.74 Å². The van der Waals surface area contributed by atoms with Crippen molar-refractivity contribution in [3.63, 3.8) is 0 Å². The van der Waals surface area contributed by atoms with E-state index in [1.165, 1.54) is 100 Å². The van der Waals surface area contributed by atoms with Gasteiger partial charge in [0, 0.05) is 27.9 Å². The molecular weight excluding hydrogens is 667 g/mol. The van der Waals surface area contributed by atoms with Crippen molar-refractivity contribution in [3.05, 3.63) is 162 Å². The second-order valence-electron chi connectivity index (χ2n) is 18.8. The number of benzene rings is 6. The molecule has 0 amide bonds. The number of nitrogens with zero attached hydrogens (tertiary/aromatic N) is 1. The minimum absolute atomic E-state index is 0.0106. The van der Waals surface area contributed by atoms with Gasteiger partial charge in [-0.15, -0.1) is 0 Å². The summed E-state index contributed by atoms with van der Waals surface area (Å²) in [6, 6.07) is 52.3. The summed E-state index contributed by atoms with van der Waals surface area (Å²) in [6.07, 6.45) is 7.82. The van der Waals surface area contributed by atoms with Gasteiger partial charge in [0.15, 0.2) is 0 Å². The monoisotopic (exact) mass is 717 g/mol. The number of ether oxygens (including phenoxy) is 1. The normalized spacial score (nSPS) is 25.9. The third kappa shape index (κ3) is 4.92. The molecule has 0 N–H and O–H groups in total. The molecule has 55 heavy (non-hydrogen) atoms. The number of hydrogen-bond acceptors (Lipinski definition) is 2. The molecule has 0 saturated heterocycles. The molecule has 0 radical (unpaired) electrons. The van der Waals surface area contributed by atoms with Crippen LogP contribution in [-0.4, -0.2) is 0 Å². The highest BCUT2D eigenvalue weighted by Gasteiger charge is 2.65. The molecule has 0 aromatic heterocycles. The van der Waals surface area contributed by atoms with E-state index in [1.54, 1.807) is 0 Å². The maximum atomic E-state index is 6.86. The smallest absolute Gasteiger partial charge is 0.131 e. The highest BCUT2D eigenvalue weighted by atomic mass is 16.5. The molecule has 1 spiro atoms. The Labute approximate surface area is 327 Å². The van der Waals surface area contributed by atoms with Crippen molar-refractivity contribution in [2.45, 2.75) is 82.5 Å². The van der Waals surface area contributed by atoms with Gasteiger partial charge in [0.1, 0.15) is 11.5 Å². The molecule has 4 fully saturated rings. The van der Waals surface area contributed by atoms with Crippen LogP contribution in [0.15, 0.2) is 140 Å². The van der Waals surface area contributed by atoms with Crippen LogP contribution in [0.1, 0.15) is 88.5 Å². The Morgan fingerprint density at radius 3 is 1.87 bits per heavy atom. The SMILES string of the molecule is CC1(C)CCC(C)(C)c2c(N(c3ccc(-c4ccc(-c5ccccc5)cc4)cc3)c3ccc4c(c3)C3(c5ccccc5O4)C4CC5CC(C4)C3C5)cccc21. The molecule has 4 bridgehead atoms. The van der Waals surface area contributed by atoms with Gasteiger partial charge in [-0.2, -0.15) is 0 Å². The molecular formula is C53H51NO. The molecule has 6 aromatic rings. The van der Waals surface area contributed by atoms with Gasteiger partial charge < -0.3 is 9.64 Å². The first-order valence-electron chi connectivity index (χ1n) is 20.8. The molecule has 5 unspecified atom stereocenters. The van der Waals surface area contributed by atoms with Crippen LogP contribution >= 0.6 is 0 Å². The van der Waals surface area contributed by atoms with E-state index in [-0.39, 0.29) is 16.2 Å². The Kier molecular flexibility index (Phi) is 7.23. The van der Waals surface area contributed by atoms with Crippen LogP contribution < -0.4 is 9.64 Å². The van der Waals surface area contributed by atoms with E-state index in [1.807, 2.05) is 0 Å². The van der Waals surface area contributed by atoms with Crippen LogP contribution in [0.5, 0.6) is 11.5 Å². The topological polar surface area (TPSA) is 12.5 Å². The lowest BCUT2D eigenvalue weighted by Crippen LogP contribution is -2.44. The van der Waals surface area contributed by atoms with Crippen molar-refractivity contribution in [1.29, 1.82) is 0 Å². The van der Waals surface area contributed by atoms with Crippen LogP contribution in [0.3, 0.4) is 0 Å². The fourth-order valence-electron chi connectivity index (χ4n) is 12.5. The first-order valence-corrected chi connectivity index (χ1v) is 20.8. The van der Waals surface area contributed by atoms with Gasteiger partial charge in [-0.05, 0) is 149 Å². The standard InChI is InChI=1S/C53H51NO/c1-51(2)27-28-52(3,4)50-44(51)14-10-15-47(50)54(41-23-21-38(22-24-41)37-19-17-36(18-20-37)35-11-6-5-7-12-35)42-25-26-49-46(33-42)53(43-13-8-9-16-48(43)55-49)40-30-34-29-39(32-40)45(53)31-34/h5-26,33-34,39-40,45H,27-32H2,1-4H3. The fourth-order valence-corrected chi connectivity index (χ4v) is 12.5. The molecule has 1 heterocycles. The van der Waals surface area contributed by atoms with Crippen molar-refractivity contribution in [3.8, 4) is 33.8 Å². The third-order valence-corrected chi connectivity index (χ3v) is 15.0. The molecule has 4 saturated carbocycles. The maximum Gasteiger partial charge on any atom is 0.131 e. The number of hydrogen-bond donors (Lipinski definition) is 0. The molecule has 6 aliphatic rings. The van der Waals surface area contributed by atoms with Crippen LogP contribution in [-0.2, 0) is 16.2 Å². The molecule has 274 valence electrons. The number of fused-ring (bicyclic) bond motifs is 3. The highest BCUT2D eigenvalue weighted by Crippen LogP contribution is 2.72. The van der Waals surface area contributed by atoms with Gasteiger partial charge in [-0.3, -0.25) is 0 Å². The van der Waals surface area contributed by atoms with Crippen molar-refractivity contribution in [2.24, 2.45) is 23.7 Å². The second kappa shape index (κ2) is 12.0. The van der Waals surface area contributed by atoms with Crippen molar-refractivity contribution >= 4 is 17.1 Å². The zero-order chi connectivity index (χ0) is 37.1. The maximum absolute atomic E-state index is 6.86. The summed E-state index contributed by atoms with van der Waals surface area (Å²) >= 11 is 0. The second-order valence-corrected chi connectivity index (χ2v) is 18.8. The van der Waals surface area contributed by atoms with Gasteiger partial charge >= 0.3 is 0 Å². The Hall–Kier alpha value is -5.08. The number of para-hydroxylation sites is 1. The molecule has 12 rings (SSSR count). The summed E-state index contributed by atoms with van der Waals surface area (Å²) in [5.41, 5.74) is 14.7. The van der Waals surface area contributed by atoms with Gasteiger partial charge in [-0.1, -0.05) is 125 Å². The number of anilines is 3. The fraction of sp³-hybridized carbons (Fsp3) is 0.321. The van der Waals surface area contributed by atoms with E-state index in [0.717, 1.165) is 23.3 Å². The van der Waals surface area contributed by atoms with Crippen LogP contribution in [0, 0.1) is 23.7 Å². The molecule has 2 nitrogen and oxygen atoms in total. The van der Waals surface area contributed by atoms with Gasteiger partial charge in [0.2, 0.25) is 0 Å². The summed E-state index contributed by atoms with van der Waals surface area (Å²) < 4.78 is 6.86. The van der Waals surface area contributed by atoms with E-state index >= 15 is 0 Å². The lowest BCUT2D eigenvalue weighted by molar-refractivity contribution is 0.173. The third-order valence-electron chi connectivity index (χ3n) is 15.0.